The molecule has 146 valence electrons. The predicted molar refractivity (Wildman–Crippen MR) is 88.7 cm³/mol. The van der Waals surface area contributed by atoms with Crippen molar-refractivity contribution in [2.75, 3.05) is 17.2 Å². The van der Waals surface area contributed by atoms with E-state index >= 15 is 0 Å². The summed E-state index contributed by atoms with van der Waals surface area (Å²) in [5.74, 6) is -9.12. The van der Waals surface area contributed by atoms with Gasteiger partial charge in [-0.1, -0.05) is 0 Å². The minimum Gasteiger partial charge on any atom is -0.494 e. The highest BCUT2D eigenvalue weighted by Gasteiger charge is 2.42. The molecule has 2 aromatic carbocycles. The van der Waals surface area contributed by atoms with Gasteiger partial charge in [-0.05, 0) is 43.4 Å². The first kappa shape index (κ1) is 20.7. The molecule has 0 saturated heterocycles. The minimum absolute atomic E-state index is 0.324. The van der Waals surface area contributed by atoms with Gasteiger partial charge in [0.15, 0.2) is 28.4 Å². The minimum atomic E-state index is -5.62. The largest absolute Gasteiger partial charge is 0.494 e. The second-order valence-electron chi connectivity index (χ2n) is 5.04. The van der Waals surface area contributed by atoms with Gasteiger partial charge in [0.1, 0.15) is 17.0 Å². The summed E-state index contributed by atoms with van der Waals surface area (Å²) in [5.41, 5.74) is -3.82. The van der Waals surface area contributed by atoms with Gasteiger partial charge in [-0.25, -0.2) is 17.6 Å². The van der Waals surface area contributed by atoms with E-state index in [4.69, 9.17) is 17.0 Å². The molecular formula is C16H11F7N2OS. The number of nitrogens with one attached hydrogen (secondary N) is 2. The molecular weight excluding hydrogens is 401 g/mol. The summed E-state index contributed by atoms with van der Waals surface area (Å²) in [6.45, 7) is 2.20. The molecule has 2 N–H and O–H groups in total. The number of benzene rings is 2. The Morgan fingerprint density at radius 3 is 1.89 bits per heavy atom. The zero-order chi connectivity index (χ0) is 20.4. The van der Waals surface area contributed by atoms with E-state index in [9.17, 15) is 30.7 Å². The number of rotatable bonds is 4. The van der Waals surface area contributed by atoms with Crippen LogP contribution < -0.4 is 15.4 Å². The standard InChI is InChI=1S/C16H11F7N2OS/c1-2-26-8-5-3-7(4-6-8)24-15(27)25-14-12(19)10(17)9(16(21,22)23)11(18)13(14)20/h3-6H,2H2,1H3,(H2,24,25,27). The maximum Gasteiger partial charge on any atom is 0.422 e. The molecule has 0 bridgehead atoms. The molecule has 0 unspecified atom stereocenters. The molecule has 0 amide bonds. The average Bonchev–Trinajstić information content (AvgIpc) is 2.58. The Morgan fingerprint density at radius 2 is 1.44 bits per heavy atom. The zero-order valence-corrected chi connectivity index (χ0v) is 14.3. The molecule has 2 rings (SSSR count). The third-order valence-corrected chi connectivity index (χ3v) is 3.41. The molecule has 0 aliphatic carbocycles. The van der Waals surface area contributed by atoms with Crippen LogP contribution in [0.2, 0.25) is 0 Å². The fraction of sp³-hybridized carbons (Fsp3) is 0.188. The van der Waals surface area contributed by atoms with E-state index in [2.05, 4.69) is 5.32 Å². The Kier molecular flexibility index (Phi) is 6.14. The maximum atomic E-state index is 13.8. The van der Waals surface area contributed by atoms with Crippen LogP contribution >= 0.6 is 12.2 Å². The normalized spacial score (nSPS) is 11.3. The van der Waals surface area contributed by atoms with Gasteiger partial charge in [0.05, 0.1) is 6.61 Å². The Morgan fingerprint density at radius 1 is 0.926 bits per heavy atom. The van der Waals surface area contributed by atoms with Crippen molar-refractivity contribution in [3.63, 3.8) is 0 Å². The molecule has 0 aromatic heterocycles. The van der Waals surface area contributed by atoms with Crippen molar-refractivity contribution in [1.82, 2.24) is 0 Å². The first-order valence-electron chi connectivity index (χ1n) is 7.30. The number of anilines is 2. The molecule has 0 radical (unpaired) electrons. The summed E-state index contributed by atoms with van der Waals surface area (Å²) in [4.78, 5) is 0. The fourth-order valence-corrected chi connectivity index (χ4v) is 2.29. The van der Waals surface area contributed by atoms with Crippen LogP contribution in [0.5, 0.6) is 5.75 Å². The van der Waals surface area contributed by atoms with Gasteiger partial charge in [0, 0.05) is 5.69 Å². The van der Waals surface area contributed by atoms with Crippen molar-refractivity contribution >= 4 is 28.7 Å². The number of hydrogen-bond donors (Lipinski definition) is 2. The average molecular weight is 412 g/mol. The van der Waals surface area contributed by atoms with Crippen LogP contribution in [0.25, 0.3) is 0 Å². The molecule has 0 atom stereocenters. The summed E-state index contributed by atoms with van der Waals surface area (Å²) >= 11 is 4.76. The van der Waals surface area contributed by atoms with Gasteiger partial charge in [-0.2, -0.15) is 13.2 Å². The van der Waals surface area contributed by atoms with Crippen molar-refractivity contribution in [3.8, 4) is 5.75 Å². The van der Waals surface area contributed by atoms with Crippen molar-refractivity contribution in [1.29, 1.82) is 0 Å². The van der Waals surface area contributed by atoms with Gasteiger partial charge in [-0.15, -0.1) is 0 Å². The quantitative estimate of drug-likeness (QED) is 0.397. The lowest BCUT2D eigenvalue weighted by molar-refractivity contribution is -0.143. The molecule has 0 aliphatic heterocycles. The second-order valence-corrected chi connectivity index (χ2v) is 5.45. The van der Waals surface area contributed by atoms with E-state index in [0.29, 0.717) is 18.0 Å². The topological polar surface area (TPSA) is 33.3 Å². The van der Waals surface area contributed by atoms with Crippen LogP contribution in [-0.4, -0.2) is 11.7 Å². The SMILES string of the molecule is CCOc1ccc(NC(=S)Nc2c(F)c(F)c(C(F)(F)F)c(F)c2F)cc1. The number of thiocarbonyl (C=S) groups is 1. The summed E-state index contributed by atoms with van der Waals surface area (Å²) in [5, 5.41) is 3.78. The molecule has 2 aromatic rings. The first-order chi connectivity index (χ1) is 12.6. The van der Waals surface area contributed by atoms with Crippen LogP contribution in [-0.2, 0) is 6.18 Å². The fourth-order valence-electron chi connectivity index (χ4n) is 2.07. The van der Waals surface area contributed by atoms with E-state index < -0.39 is 45.8 Å². The van der Waals surface area contributed by atoms with Crippen molar-refractivity contribution < 1.29 is 35.5 Å². The molecule has 0 fully saturated rings. The summed E-state index contributed by atoms with van der Waals surface area (Å²) in [6, 6.07) is 6.07. The lowest BCUT2D eigenvalue weighted by Gasteiger charge is -2.16. The first-order valence-corrected chi connectivity index (χ1v) is 7.71. The summed E-state index contributed by atoms with van der Waals surface area (Å²) < 4.78 is 97.7. The maximum absolute atomic E-state index is 13.8. The Hall–Kier alpha value is -2.56. The van der Waals surface area contributed by atoms with E-state index in [1.54, 1.807) is 19.1 Å². The number of hydrogen-bond acceptors (Lipinski definition) is 2. The number of ether oxygens (including phenoxy) is 1. The summed E-state index contributed by atoms with van der Waals surface area (Å²) in [7, 11) is 0. The van der Waals surface area contributed by atoms with Crippen molar-refractivity contribution in [2.45, 2.75) is 13.1 Å². The van der Waals surface area contributed by atoms with Crippen LogP contribution in [0.3, 0.4) is 0 Å². The van der Waals surface area contributed by atoms with Crippen LogP contribution in [0.1, 0.15) is 12.5 Å². The molecule has 0 heterocycles. The van der Waals surface area contributed by atoms with Crippen LogP contribution in [0, 0.1) is 23.3 Å². The number of halogens is 7. The van der Waals surface area contributed by atoms with Crippen molar-refractivity contribution in [3.05, 3.63) is 53.1 Å². The molecule has 3 nitrogen and oxygen atoms in total. The van der Waals surface area contributed by atoms with E-state index in [1.807, 2.05) is 5.32 Å². The summed E-state index contributed by atoms with van der Waals surface area (Å²) in [6.07, 6.45) is -5.62. The van der Waals surface area contributed by atoms with Gasteiger partial charge in [-0.3, -0.25) is 0 Å². The highest BCUT2D eigenvalue weighted by atomic mass is 32.1. The molecule has 0 spiro atoms. The third-order valence-electron chi connectivity index (χ3n) is 3.21. The molecule has 0 saturated carbocycles. The highest BCUT2D eigenvalue weighted by Crippen LogP contribution is 2.38. The zero-order valence-electron chi connectivity index (χ0n) is 13.5. The predicted octanol–water partition coefficient (Wildman–Crippen LogP) is 5.47. The van der Waals surface area contributed by atoms with E-state index in [-0.39, 0.29) is 0 Å². The number of alkyl halides is 3. The van der Waals surface area contributed by atoms with E-state index in [1.165, 1.54) is 12.1 Å². The Labute approximate surface area is 154 Å². The lowest BCUT2D eigenvalue weighted by Crippen LogP contribution is -2.23. The van der Waals surface area contributed by atoms with Crippen molar-refractivity contribution in [2.24, 2.45) is 0 Å². The monoisotopic (exact) mass is 412 g/mol. The van der Waals surface area contributed by atoms with Crippen LogP contribution in [0.4, 0.5) is 42.1 Å². The van der Waals surface area contributed by atoms with Gasteiger partial charge in [0.25, 0.3) is 0 Å². The Bertz CT molecular complexity index is 824. The highest BCUT2D eigenvalue weighted by molar-refractivity contribution is 7.80. The molecule has 0 aliphatic rings. The van der Waals surface area contributed by atoms with Crippen LogP contribution in [0.15, 0.2) is 24.3 Å². The third kappa shape index (κ3) is 4.59. The second kappa shape index (κ2) is 7.99. The van der Waals surface area contributed by atoms with Gasteiger partial charge >= 0.3 is 6.18 Å². The lowest BCUT2D eigenvalue weighted by atomic mass is 10.1. The Balaban J connectivity index is 2.25. The van der Waals surface area contributed by atoms with Gasteiger partial charge in [0.2, 0.25) is 0 Å². The molecule has 11 heteroatoms. The smallest absolute Gasteiger partial charge is 0.422 e. The molecule has 27 heavy (non-hydrogen) atoms. The van der Waals surface area contributed by atoms with Gasteiger partial charge < -0.3 is 15.4 Å². The van der Waals surface area contributed by atoms with E-state index in [0.717, 1.165) is 0 Å².